The Morgan fingerprint density at radius 2 is 2.05 bits per heavy atom. The van der Waals surface area contributed by atoms with Crippen LogP contribution >= 0.6 is 0 Å². The van der Waals surface area contributed by atoms with E-state index in [1.165, 1.54) is 25.5 Å². The highest BCUT2D eigenvalue weighted by Gasteiger charge is 2.11. The van der Waals surface area contributed by atoms with Crippen LogP contribution in [0.3, 0.4) is 0 Å². The summed E-state index contributed by atoms with van der Waals surface area (Å²) in [5.41, 5.74) is 3.04. The summed E-state index contributed by atoms with van der Waals surface area (Å²) in [4.78, 5) is 22.2. The molecule has 7 nitrogen and oxygen atoms in total. The third kappa shape index (κ3) is 4.20. The molecule has 1 amide bonds. The Morgan fingerprint density at radius 1 is 1.32 bits per heavy atom. The van der Waals surface area contributed by atoms with Crippen molar-refractivity contribution < 1.29 is 23.8 Å². The largest absolute Gasteiger partial charge is 0.479 e. The molecule has 1 heterocycles. The second-order valence-electron chi connectivity index (χ2n) is 4.34. The number of rotatable bonds is 6. The summed E-state index contributed by atoms with van der Waals surface area (Å²) in [6.07, 6.45) is 1.92. The molecule has 7 heteroatoms. The van der Waals surface area contributed by atoms with Crippen LogP contribution in [-0.2, 0) is 4.79 Å². The summed E-state index contributed by atoms with van der Waals surface area (Å²) < 4.78 is 10.1. The molecule has 2 rings (SSSR count). The Hall–Kier alpha value is -3.09. The molecule has 22 heavy (non-hydrogen) atoms. The zero-order valence-corrected chi connectivity index (χ0v) is 11.7. The number of ether oxygens (including phenoxy) is 1. The first kappa shape index (κ1) is 15.3. The number of amides is 1. The van der Waals surface area contributed by atoms with Gasteiger partial charge in [0, 0.05) is 0 Å². The Balaban J connectivity index is 1.89. The molecular formula is C15H14N2O5. The van der Waals surface area contributed by atoms with Gasteiger partial charge in [0.1, 0.15) is 5.75 Å². The van der Waals surface area contributed by atoms with Crippen molar-refractivity contribution in [3.63, 3.8) is 0 Å². The Bertz CT molecular complexity index is 662. The fraction of sp³-hybridized carbons (Fsp3) is 0.133. The molecule has 114 valence electrons. The lowest BCUT2D eigenvalue weighted by Crippen LogP contribution is -2.22. The maximum atomic E-state index is 11.5. The Kier molecular flexibility index (Phi) is 4.92. The molecule has 0 aliphatic carbocycles. The molecule has 2 N–H and O–H groups in total. The monoisotopic (exact) mass is 302 g/mol. The highest BCUT2D eigenvalue weighted by molar-refractivity contribution is 5.92. The summed E-state index contributed by atoms with van der Waals surface area (Å²) >= 11 is 0. The van der Waals surface area contributed by atoms with Gasteiger partial charge < -0.3 is 14.3 Å². The highest BCUT2D eigenvalue weighted by Crippen LogP contribution is 2.13. The maximum Gasteiger partial charge on any atom is 0.344 e. The minimum absolute atomic E-state index is 0.170. The van der Waals surface area contributed by atoms with Crippen molar-refractivity contribution in [3.05, 3.63) is 54.0 Å². The van der Waals surface area contributed by atoms with E-state index in [0.717, 1.165) is 5.56 Å². The predicted molar refractivity (Wildman–Crippen MR) is 77.9 cm³/mol. The van der Waals surface area contributed by atoms with Crippen molar-refractivity contribution in [2.45, 2.75) is 13.0 Å². The molecule has 0 fully saturated rings. The van der Waals surface area contributed by atoms with Crippen molar-refractivity contribution in [3.8, 4) is 5.75 Å². The van der Waals surface area contributed by atoms with Crippen LogP contribution in [0.15, 0.2) is 52.2 Å². The molecule has 1 aromatic carbocycles. The number of aliphatic carboxylic acids is 1. The lowest BCUT2D eigenvalue weighted by Gasteiger charge is -2.09. The van der Waals surface area contributed by atoms with Gasteiger partial charge in [0.2, 0.25) is 0 Å². The van der Waals surface area contributed by atoms with Gasteiger partial charge in [-0.1, -0.05) is 0 Å². The number of carbonyl (C=O) groups is 2. The fourth-order valence-electron chi connectivity index (χ4n) is 1.52. The average molecular weight is 302 g/mol. The van der Waals surface area contributed by atoms with Crippen LogP contribution in [0.4, 0.5) is 0 Å². The molecular weight excluding hydrogens is 288 g/mol. The van der Waals surface area contributed by atoms with E-state index in [9.17, 15) is 9.59 Å². The van der Waals surface area contributed by atoms with E-state index < -0.39 is 18.0 Å². The van der Waals surface area contributed by atoms with Crippen molar-refractivity contribution in [2.24, 2.45) is 5.10 Å². The molecule has 0 saturated heterocycles. The highest BCUT2D eigenvalue weighted by atomic mass is 16.5. The maximum absolute atomic E-state index is 11.5. The molecule has 0 bridgehead atoms. The van der Waals surface area contributed by atoms with Gasteiger partial charge in [0.15, 0.2) is 11.9 Å². The summed E-state index contributed by atoms with van der Waals surface area (Å²) in [6, 6.07) is 9.75. The molecule has 1 unspecified atom stereocenters. The van der Waals surface area contributed by atoms with Crippen LogP contribution < -0.4 is 10.2 Å². The second-order valence-corrected chi connectivity index (χ2v) is 4.34. The first-order chi connectivity index (χ1) is 10.6. The summed E-state index contributed by atoms with van der Waals surface area (Å²) in [5, 5.41) is 12.5. The van der Waals surface area contributed by atoms with Gasteiger partial charge in [-0.25, -0.2) is 10.2 Å². The third-order valence-corrected chi connectivity index (χ3v) is 2.67. The number of carbonyl (C=O) groups excluding carboxylic acids is 1. The molecule has 1 aromatic heterocycles. The molecule has 0 radical (unpaired) electrons. The number of benzene rings is 1. The van der Waals surface area contributed by atoms with Crippen LogP contribution in [0.5, 0.6) is 5.75 Å². The van der Waals surface area contributed by atoms with E-state index in [4.69, 9.17) is 14.3 Å². The van der Waals surface area contributed by atoms with E-state index in [2.05, 4.69) is 10.5 Å². The SMILES string of the molecule is CC(Oc1ccc(/C=N/NC(=O)c2ccco2)cc1)C(=O)O. The number of hydrogen-bond donors (Lipinski definition) is 2. The van der Waals surface area contributed by atoms with Crippen LogP contribution in [0.2, 0.25) is 0 Å². The van der Waals surface area contributed by atoms with E-state index >= 15 is 0 Å². The topological polar surface area (TPSA) is 101 Å². The van der Waals surface area contributed by atoms with E-state index in [0.29, 0.717) is 5.75 Å². The Labute approximate surface area is 126 Å². The first-order valence-electron chi connectivity index (χ1n) is 6.42. The number of carboxylic acid groups (broad SMARTS) is 1. The smallest absolute Gasteiger partial charge is 0.344 e. The summed E-state index contributed by atoms with van der Waals surface area (Å²) in [7, 11) is 0. The lowest BCUT2D eigenvalue weighted by molar-refractivity contribution is -0.144. The zero-order chi connectivity index (χ0) is 15.9. The summed E-state index contributed by atoms with van der Waals surface area (Å²) in [5.74, 6) is -0.877. The average Bonchev–Trinajstić information content (AvgIpc) is 3.03. The Morgan fingerprint density at radius 3 is 2.64 bits per heavy atom. The van der Waals surface area contributed by atoms with Gasteiger partial charge in [0.05, 0.1) is 12.5 Å². The lowest BCUT2D eigenvalue weighted by atomic mass is 10.2. The van der Waals surface area contributed by atoms with Crippen LogP contribution in [-0.4, -0.2) is 29.3 Å². The zero-order valence-electron chi connectivity index (χ0n) is 11.7. The molecule has 2 aromatic rings. The van der Waals surface area contributed by atoms with Gasteiger partial charge in [-0.3, -0.25) is 4.79 Å². The summed E-state index contributed by atoms with van der Waals surface area (Å²) in [6.45, 7) is 1.45. The third-order valence-electron chi connectivity index (χ3n) is 2.67. The number of nitrogens with one attached hydrogen (secondary N) is 1. The van der Waals surface area contributed by atoms with Crippen molar-refractivity contribution in [1.82, 2.24) is 5.43 Å². The molecule has 0 spiro atoms. The quantitative estimate of drug-likeness (QED) is 0.627. The van der Waals surface area contributed by atoms with E-state index in [-0.39, 0.29) is 5.76 Å². The molecule has 1 atom stereocenters. The van der Waals surface area contributed by atoms with Gasteiger partial charge in [-0.2, -0.15) is 5.10 Å². The predicted octanol–water partition coefficient (Wildman–Crippen LogP) is 1.90. The van der Waals surface area contributed by atoms with Crippen molar-refractivity contribution in [1.29, 1.82) is 0 Å². The minimum atomic E-state index is -1.04. The number of furan rings is 1. The number of nitrogens with zero attached hydrogens (tertiary/aromatic N) is 1. The van der Waals surface area contributed by atoms with Crippen molar-refractivity contribution >= 4 is 18.1 Å². The van der Waals surface area contributed by atoms with Crippen LogP contribution in [0, 0.1) is 0 Å². The van der Waals surface area contributed by atoms with Gasteiger partial charge >= 0.3 is 11.9 Å². The van der Waals surface area contributed by atoms with Gasteiger partial charge in [0.25, 0.3) is 0 Å². The number of carboxylic acids is 1. The van der Waals surface area contributed by atoms with Crippen LogP contribution in [0.25, 0.3) is 0 Å². The molecule has 0 aliphatic heterocycles. The van der Waals surface area contributed by atoms with Gasteiger partial charge in [-0.15, -0.1) is 0 Å². The normalized spacial score (nSPS) is 12.0. The van der Waals surface area contributed by atoms with Gasteiger partial charge in [-0.05, 0) is 48.9 Å². The molecule has 0 aliphatic rings. The first-order valence-corrected chi connectivity index (χ1v) is 6.42. The molecule has 0 saturated carbocycles. The van der Waals surface area contributed by atoms with E-state index in [1.807, 2.05) is 0 Å². The van der Waals surface area contributed by atoms with Crippen LogP contribution in [0.1, 0.15) is 23.0 Å². The van der Waals surface area contributed by atoms with E-state index in [1.54, 1.807) is 30.3 Å². The standard InChI is InChI=1S/C15H14N2O5/c1-10(15(19)20)22-12-6-4-11(5-7-12)9-16-17-14(18)13-3-2-8-21-13/h2-10H,1H3,(H,17,18)(H,19,20)/b16-9+. The van der Waals surface area contributed by atoms with Crippen molar-refractivity contribution in [2.75, 3.05) is 0 Å². The number of hydrogen-bond acceptors (Lipinski definition) is 5. The second kappa shape index (κ2) is 7.07. The number of hydrazone groups is 1. The minimum Gasteiger partial charge on any atom is -0.479 e. The fourth-order valence-corrected chi connectivity index (χ4v) is 1.52.